The first-order chi connectivity index (χ1) is 6.34. The van der Waals surface area contributed by atoms with Gasteiger partial charge in [0.2, 0.25) is 0 Å². The summed E-state index contributed by atoms with van der Waals surface area (Å²) in [4.78, 5) is 4.91. The maximum absolute atomic E-state index is 9.34. The zero-order chi connectivity index (χ0) is 9.10. The molecule has 2 aliphatic heterocycles. The minimum Gasteiger partial charge on any atom is -0.392 e. The Bertz CT molecular complexity index is 157. The predicted molar refractivity (Wildman–Crippen MR) is 52.7 cm³/mol. The Kier molecular flexibility index (Phi) is 3.19. The monoisotopic (exact) mass is 184 g/mol. The van der Waals surface area contributed by atoms with Crippen LogP contribution in [0.25, 0.3) is 0 Å². The summed E-state index contributed by atoms with van der Waals surface area (Å²) in [6.45, 7) is 6.92. The van der Waals surface area contributed by atoms with Gasteiger partial charge < -0.3 is 10.0 Å². The van der Waals surface area contributed by atoms with Crippen LogP contribution in [0.15, 0.2) is 0 Å². The maximum atomic E-state index is 9.34. The summed E-state index contributed by atoms with van der Waals surface area (Å²) in [6, 6.07) is 0. The highest BCUT2D eigenvalue weighted by atomic mass is 16.3. The molecule has 0 aromatic rings. The van der Waals surface area contributed by atoms with Crippen molar-refractivity contribution in [1.82, 2.24) is 9.80 Å². The van der Waals surface area contributed by atoms with E-state index >= 15 is 0 Å². The second-order valence-corrected chi connectivity index (χ2v) is 4.29. The molecular weight excluding hydrogens is 164 g/mol. The molecule has 0 aromatic heterocycles. The van der Waals surface area contributed by atoms with E-state index in [1.807, 2.05) is 0 Å². The van der Waals surface area contributed by atoms with E-state index in [0.29, 0.717) is 0 Å². The van der Waals surface area contributed by atoms with Crippen LogP contribution in [-0.2, 0) is 0 Å². The lowest BCUT2D eigenvalue weighted by Gasteiger charge is -2.20. The van der Waals surface area contributed by atoms with Crippen molar-refractivity contribution in [3.63, 3.8) is 0 Å². The molecule has 0 amide bonds. The molecule has 0 spiro atoms. The van der Waals surface area contributed by atoms with Crippen molar-refractivity contribution >= 4 is 0 Å². The third kappa shape index (κ3) is 2.66. The SMILES string of the molecule is O[C@H]1CCN(CCN2CCCC2)C1. The maximum Gasteiger partial charge on any atom is 0.0679 e. The van der Waals surface area contributed by atoms with Crippen LogP contribution in [0.1, 0.15) is 19.3 Å². The van der Waals surface area contributed by atoms with E-state index in [2.05, 4.69) is 9.80 Å². The number of hydrogen-bond donors (Lipinski definition) is 1. The van der Waals surface area contributed by atoms with Gasteiger partial charge in [-0.05, 0) is 32.4 Å². The third-order valence-corrected chi connectivity index (χ3v) is 3.18. The fourth-order valence-corrected chi connectivity index (χ4v) is 2.30. The van der Waals surface area contributed by atoms with E-state index in [4.69, 9.17) is 0 Å². The van der Waals surface area contributed by atoms with Gasteiger partial charge >= 0.3 is 0 Å². The number of likely N-dealkylation sites (tertiary alicyclic amines) is 2. The van der Waals surface area contributed by atoms with Crippen LogP contribution in [0.2, 0.25) is 0 Å². The molecule has 76 valence electrons. The quantitative estimate of drug-likeness (QED) is 0.676. The van der Waals surface area contributed by atoms with Crippen molar-refractivity contribution in [3.8, 4) is 0 Å². The van der Waals surface area contributed by atoms with Crippen molar-refractivity contribution in [2.24, 2.45) is 0 Å². The van der Waals surface area contributed by atoms with Gasteiger partial charge in [0.15, 0.2) is 0 Å². The van der Waals surface area contributed by atoms with Gasteiger partial charge in [-0.15, -0.1) is 0 Å². The first-order valence-electron chi connectivity index (χ1n) is 5.47. The van der Waals surface area contributed by atoms with Gasteiger partial charge in [0, 0.05) is 26.2 Å². The van der Waals surface area contributed by atoms with Crippen molar-refractivity contribution in [1.29, 1.82) is 0 Å². The Morgan fingerprint density at radius 1 is 1.00 bits per heavy atom. The number of rotatable bonds is 3. The fourth-order valence-electron chi connectivity index (χ4n) is 2.30. The Morgan fingerprint density at radius 2 is 1.69 bits per heavy atom. The summed E-state index contributed by atoms with van der Waals surface area (Å²) in [5.41, 5.74) is 0. The molecule has 13 heavy (non-hydrogen) atoms. The number of β-amino-alcohol motifs (C(OH)–C–C–N with tert-alkyl or cyclic N) is 1. The second kappa shape index (κ2) is 4.40. The number of hydrogen-bond acceptors (Lipinski definition) is 3. The summed E-state index contributed by atoms with van der Waals surface area (Å²) in [5, 5.41) is 9.34. The highest BCUT2D eigenvalue weighted by molar-refractivity contribution is 4.76. The van der Waals surface area contributed by atoms with Crippen molar-refractivity contribution < 1.29 is 5.11 Å². The molecule has 3 heteroatoms. The summed E-state index contributed by atoms with van der Waals surface area (Å²) >= 11 is 0. The molecule has 3 nitrogen and oxygen atoms in total. The Hall–Kier alpha value is -0.120. The van der Waals surface area contributed by atoms with Crippen molar-refractivity contribution in [2.45, 2.75) is 25.4 Å². The van der Waals surface area contributed by atoms with Crippen LogP contribution in [0.5, 0.6) is 0 Å². The third-order valence-electron chi connectivity index (χ3n) is 3.18. The zero-order valence-electron chi connectivity index (χ0n) is 8.28. The van der Waals surface area contributed by atoms with Gasteiger partial charge in [-0.25, -0.2) is 0 Å². The number of aliphatic hydroxyl groups is 1. The predicted octanol–water partition coefficient (Wildman–Crippen LogP) is 0.149. The van der Waals surface area contributed by atoms with Crippen LogP contribution < -0.4 is 0 Å². The molecule has 0 saturated carbocycles. The van der Waals surface area contributed by atoms with Gasteiger partial charge in [-0.1, -0.05) is 0 Å². The summed E-state index contributed by atoms with van der Waals surface area (Å²) in [6.07, 6.45) is 3.67. The molecule has 1 N–H and O–H groups in total. The minimum absolute atomic E-state index is 0.0569. The normalized spacial score (nSPS) is 31.6. The topological polar surface area (TPSA) is 26.7 Å². The highest BCUT2D eigenvalue weighted by Crippen LogP contribution is 2.10. The van der Waals surface area contributed by atoms with E-state index in [-0.39, 0.29) is 6.10 Å². The van der Waals surface area contributed by atoms with Crippen molar-refractivity contribution in [3.05, 3.63) is 0 Å². The molecule has 0 unspecified atom stereocenters. The van der Waals surface area contributed by atoms with Gasteiger partial charge in [-0.2, -0.15) is 0 Å². The van der Waals surface area contributed by atoms with Crippen LogP contribution in [-0.4, -0.2) is 60.3 Å². The van der Waals surface area contributed by atoms with Gasteiger partial charge in [-0.3, -0.25) is 4.90 Å². The van der Waals surface area contributed by atoms with E-state index in [0.717, 1.165) is 26.1 Å². The van der Waals surface area contributed by atoms with E-state index in [1.54, 1.807) is 0 Å². The lowest BCUT2D eigenvalue weighted by Crippen LogP contribution is -2.32. The molecule has 2 heterocycles. The molecule has 2 aliphatic rings. The molecule has 2 fully saturated rings. The van der Waals surface area contributed by atoms with E-state index in [9.17, 15) is 5.11 Å². The smallest absolute Gasteiger partial charge is 0.0679 e. The minimum atomic E-state index is -0.0569. The Morgan fingerprint density at radius 3 is 2.31 bits per heavy atom. The van der Waals surface area contributed by atoms with Crippen LogP contribution >= 0.6 is 0 Å². The van der Waals surface area contributed by atoms with E-state index < -0.39 is 0 Å². The molecular formula is C10H20N2O. The first-order valence-corrected chi connectivity index (χ1v) is 5.47. The van der Waals surface area contributed by atoms with E-state index in [1.165, 1.54) is 32.5 Å². The molecule has 0 aliphatic carbocycles. The largest absolute Gasteiger partial charge is 0.392 e. The van der Waals surface area contributed by atoms with Crippen molar-refractivity contribution in [2.75, 3.05) is 39.3 Å². The second-order valence-electron chi connectivity index (χ2n) is 4.29. The Labute approximate surface area is 80.3 Å². The van der Waals surface area contributed by atoms with Crippen LogP contribution in [0.4, 0.5) is 0 Å². The fraction of sp³-hybridized carbons (Fsp3) is 1.00. The van der Waals surface area contributed by atoms with Crippen LogP contribution in [0, 0.1) is 0 Å². The standard InChI is InChI=1S/C10H20N2O/c13-10-3-6-12(9-10)8-7-11-4-1-2-5-11/h10,13H,1-9H2/t10-/m0/s1. The lowest BCUT2D eigenvalue weighted by atomic mass is 10.3. The Balaban J connectivity index is 1.62. The molecule has 1 atom stereocenters. The average Bonchev–Trinajstić information content (AvgIpc) is 2.71. The number of nitrogens with zero attached hydrogens (tertiary/aromatic N) is 2. The van der Waals surface area contributed by atoms with Gasteiger partial charge in [0.1, 0.15) is 0 Å². The van der Waals surface area contributed by atoms with Crippen LogP contribution in [0.3, 0.4) is 0 Å². The molecule has 0 aromatic carbocycles. The van der Waals surface area contributed by atoms with Gasteiger partial charge in [0.05, 0.1) is 6.10 Å². The molecule has 2 rings (SSSR count). The molecule has 0 radical (unpaired) electrons. The highest BCUT2D eigenvalue weighted by Gasteiger charge is 2.20. The molecule has 2 saturated heterocycles. The zero-order valence-corrected chi connectivity index (χ0v) is 8.28. The van der Waals surface area contributed by atoms with Gasteiger partial charge in [0.25, 0.3) is 0 Å². The summed E-state index contributed by atoms with van der Waals surface area (Å²) < 4.78 is 0. The first kappa shape index (κ1) is 9.44. The average molecular weight is 184 g/mol. The summed E-state index contributed by atoms with van der Waals surface area (Å²) in [7, 11) is 0. The lowest BCUT2D eigenvalue weighted by molar-refractivity contribution is 0.171. The molecule has 0 bridgehead atoms. The number of aliphatic hydroxyl groups excluding tert-OH is 1. The summed E-state index contributed by atoms with van der Waals surface area (Å²) in [5.74, 6) is 0.